The number of hydrogen-bond acceptors (Lipinski definition) is 7. The van der Waals surface area contributed by atoms with Crippen LogP contribution in [0.5, 0.6) is 0 Å². The number of sulfonamides is 1. The maximum Gasteiger partial charge on any atom is 0.318 e. The molecular formula is C25H28N2O6S2. The van der Waals surface area contributed by atoms with Crippen LogP contribution in [0.2, 0.25) is 0 Å². The van der Waals surface area contributed by atoms with Crippen LogP contribution >= 0.6 is 0 Å². The van der Waals surface area contributed by atoms with Crippen LogP contribution < -0.4 is 10.2 Å². The third-order valence-corrected chi connectivity index (χ3v) is 8.22. The van der Waals surface area contributed by atoms with Crippen LogP contribution in [-0.2, 0) is 24.4 Å². The molecule has 0 radical (unpaired) electrons. The zero-order valence-electron chi connectivity index (χ0n) is 19.5. The standard InChI is InChI=1S/C25H28N2O6S2/c1-19-13-15-24(16-14-19)35(31,32)33-27(23-11-6-10-22(18-23)20(2)28)34(29,30)17-7-12-25(26)21-8-4-3-5-9-21/h3-6,8-11,13-16,18,25H,7,12,17,26H2,1-2H3. The molecule has 0 spiro atoms. The third-order valence-electron chi connectivity index (χ3n) is 5.34. The number of ketones is 1. The van der Waals surface area contributed by atoms with Gasteiger partial charge in [-0.15, -0.1) is 8.75 Å². The summed E-state index contributed by atoms with van der Waals surface area (Å²) in [6, 6.07) is 20.3. The minimum atomic E-state index is -4.49. The van der Waals surface area contributed by atoms with Gasteiger partial charge in [0.2, 0.25) is 0 Å². The van der Waals surface area contributed by atoms with Crippen molar-refractivity contribution < 1.29 is 25.9 Å². The van der Waals surface area contributed by atoms with Gasteiger partial charge >= 0.3 is 10.1 Å². The molecule has 10 heteroatoms. The average molecular weight is 517 g/mol. The van der Waals surface area contributed by atoms with Crippen molar-refractivity contribution in [2.75, 3.05) is 10.2 Å². The fourth-order valence-electron chi connectivity index (χ4n) is 3.36. The van der Waals surface area contributed by atoms with E-state index in [-0.39, 0.29) is 34.4 Å². The zero-order chi connectivity index (χ0) is 25.6. The van der Waals surface area contributed by atoms with E-state index in [1.807, 2.05) is 30.3 Å². The largest absolute Gasteiger partial charge is 0.324 e. The number of carbonyl (C=O) groups excluding carboxylic acids is 1. The van der Waals surface area contributed by atoms with Crippen LogP contribution in [0.3, 0.4) is 0 Å². The van der Waals surface area contributed by atoms with Crippen molar-refractivity contribution in [3.8, 4) is 0 Å². The molecule has 2 N–H and O–H groups in total. The number of anilines is 1. The van der Waals surface area contributed by atoms with E-state index in [1.54, 1.807) is 19.1 Å². The molecule has 0 saturated heterocycles. The van der Waals surface area contributed by atoms with Gasteiger partial charge in [-0.2, -0.15) is 8.42 Å². The van der Waals surface area contributed by atoms with Crippen LogP contribution in [0, 0.1) is 6.92 Å². The van der Waals surface area contributed by atoms with E-state index < -0.39 is 25.9 Å². The lowest BCUT2D eigenvalue weighted by molar-refractivity contribution is 0.101. The van der Waals surface area contributed by atoms with Gasteiger partial charge in [-0.25, -0.2) is 8.42 Å². The molecular weight excluding hydrogens is 488 g/mol. The molecule has 0 aliphatic heterocycles. The number of Topliss-reactive ketones (excluding diaryl/α,β-unsaturated/α-hetero) is 1. The summed E-state index contributed by atoms with van der Waals surface area (Å²) in [6.45, 7) is 3.12. The molecule has 0 bridgehead atoms. The van der Waals surface area contributed by atoms with Gasteiger partial charge < -0.3 is 5.73 Å². The van der Waals surface area contributed by atoms with Crippen molar-refractivity contribution in [1.82, 2.24) is 0 Å². The molecule has 0 fully saturated rings. The molecule has 35 heavy (non-hydrogen) atoms. The second-order valence-corrected chi connectivity index (χ2v) is 11.6. The van der Waals surface area contributed by atoms with E-state index in [0.29, 0.717) is 10.9 Å². The molecule has 0 heterocycles. The fraction of sp³-hybridized carbons (Fsp3) is 0.240. The van der Waals surface area contributed by atoms with Crippen molar-refractivity contribution in [2.24, 2.45) is 5.73 Å². The van der Waals surface area contributed by atoms with Crippen LogP contribution in [0.25, 0.3) is 0 Å². The normalized spacial score (nSPS) is 12.8. The van der Waals surface area contributed by atoms with Crippen LogP contribution in [0.1, 0.15) is 47.3 Å². The molecule has 0 saturated carbocycles. The van der Waals surface area contributed by atoms with Gasteiger partial charge in [0.05, 0.1) is 16.3 Å². The van der Waals surface area contributed by atoms with E-state index in [1.165, 1.54) is 43.3 Å². The van der Waals surface area contributed by atoms with Gasteiger partial charge in [0.1, 0.15) is 0 Å². The number of nitrogens with zero attached hydrogens (tertiary/aromatic N) is 1. The number of rotatable bonds is 11. The summed E-state index contributed by atoms with van der Waals surface area (Å²) in [7, 11) is -8.77. The number of benzene rings is 3. The highest BCUT2D eigenvalue weighted by Gasteiger charge is 2.31. The molecule has 186 valence electrons. The lowest BCUT2D eigenvalue weighted by Crippen LogP contribution is -2.35. The van der Waals surface area contributed by atoms with Gasteiger partial charge in [-0.1, -0.05) is 60.2 Å². The molecule has 3 rings (SSSR count). The van der Waals surface area contributed by atoms with Crippen LogP contribution in [0.4, 0.5) is 5.69 Å². The first-order valence-electron chi connectivity index (χ1n) is 11.0. The predicted octanol–water partition coefficient (Wildman–Crippen LogP) is 4.13. The molecule has 0 amide bonds. The van der Waals surface area contributed by atoms with Gasteiger partial charge in [0.15, 0.2) is 5.78 Å². The minimum absolute atomic E-state index is 0.0965. The van der Waals surface area contributed by atoms with Gasteiger partial charge in [0.25, 0.3) is 10.0 Å². The number of carbonyl (C=O) groups is 1. The summed E-state index contributed by atoms with van der Waals surface area (Å²) >= 11 is 0. The van der Waals surface area contributed by atoms with E-state index >= 15 is 0 Å². The van der Waals surface area contributed by atoms with Crippen molar-refractivity contribution in [3.63, 3.8) is 0 Å². The highest BCUT2D eigenvalue weighted by molar-refractivity contribution is 7.93. The smallest absolute Gasteiger partial charge is 0.318 e. The Morgan fingerprint density at radius 1 is 0.943 bits per heavy atom. The topological polar surface area (TPSA) is 124 Å². The predicted molar refractivity (Wildman–Crippen MR) is 135 cm³/mol. The van der Waals surface area contributed by atoms with Crippen LogP contribution in [-0.4, -0.2) is 28.4 Å². The molecule has 3 aromatic rings. The Morgan fingerprint density at radius 2 is 1.60 bits per heavy atom. The second kappa shape index (κ2) is 11.1. The van der Waals surface area contributed by atoms with Gasteiger partial charge in [0, 0.05) is 11.6 Å². The number of hydrogen-bond donors (Lipinski definition) is 1. The van der Waals surface area contributed by atoms with E-state index in [0.717, 1.165) is 11.1 Å². The lowest BCUT2D eigenvalue weighted by atomic mass is 10.0. The first-order valence-corrected chi connectivity index (χ1v) is 14.0. The Hall–Kier alpha value is -3.05. The highest BCUT2D eigenvalue weighted by Crippen LogP contribution is 2.26. The van der Waals surface area contributed by atoms with Gasteiger partial charge in [-0.05, 0) is 56.5 Å². The van der Waals surface area contributed by atoms with E-state index in [9.17, 15) is 21.6 Å². The maximum absolute atomic E-state index is 13.3. The molecule has 0 aromatic heterocycles. The Balaban J connectivity index is 1.88. The summed E-state index contributed by atoms with van der Waals surface area (Å²) in [5.41, 5.74) is 8.00. The Labute approximate surface area is 206 Å². The van der Waals surface area contributed by atoms with Crippen molar-refractivity contribution in [1.29, 1.82) is 0 Å². The first-order chi connectivity index (χ1) is 16.5. The Bertz CT molecular complexity index is 1370. The molecule has 0 aliphatic carbocycles. The highest BCUT2D eigenvalue weighted by atomic mass is 32.2. The van der Waals surface area contributed by atoms with Crippen molar-refractivity contribution in [2.45, 2.75) is 37.6 Å². The summed E-state index contributed by atoms with van der Waals surface area (Å²) in [5, 5.41) is 0. The number of nitrogens with two attached hydrogens (primary N) is 1. The molecule has 0 aliphatic rings. The average Bonchev–Trinajstić information content (AvgIpc) is 2.83. The monoisotopic (exact) mass is 516 g/mol. The van der Waals surface area contributed by atoms with Crippen molar-refractivity contribution >= 4 is 31.6 Å². The molecule has 1 unspecified atom stereocenters. The molecule has 3 aromatic carbocycles. The van der Waals surface area contributed by atoms with Crippen LogP contribution in [0.15, 0.2) is 83.8 Å². The maximum atomic E-state index is 13.3. The third kappa shape index (κ3) is 6.98. The molecule has 1 atom stereocenters. The summed E-state index contributed by atoms with van der Waals surface area (Å²) < 4.78 is 58.0. The summed E-state index contributed by atoms with van der Waals surface area (Å²) in [6.07, 6.45) is 0.518. The number of aryl methyl sites for hydroxylation is 1. The molecule has 8 nitrogen and oxygen atoms in total. The minimum Gasteiger partial charge on any atom is -0.324 e. The lowest BCUT2D eigenvalue weighted by Gasteiger charge is -2.23. The second-order valence-electron chi connectivity index (χ2n) is 8.15. The summed E-state index contributed by atoms with van der Waals surface area (Å²) in [5.74, 6) is -0.722. The zero-order valence-corrected chi connectivity index (χ0v) is 21.1. The van der Waals surface area contributed by atoms with Crippen molar-refractivity contribution in [3.05, 3.63) is 95.6 Å². The fourth-order valence-corrected chi connectivity index (χ4v) is 5.92. The summed E-state index contributed by atoms with van der Waals surface area (Å²) in [4.78, 5) is 11.7. The SMILES string of the molecule is CC(=O)c1cccc(N(OS(=O)(=O)c2ccc(C)cc2)S(=O)(=O)CCCC(N)c2ccccc2)c1. The Kier molecular flexibility index (Phi) is 8.44. The quantitative estimate of drug-likeness (QED) is 0.300. The Morgan fingerprint density at radius 3 is 2.23 bits per heavy atom. The van der Waals surface area contributed by atoms with Gasteiger partial charge in [-0.3, -0.25) is 4.79 Å². The van der Waals surface area contributed by atoms with E-state index in [2.05, 4.69) is 0 Å². The van der Waals surface area contributed by atoms with E-state index in [4.69, 9.17) is 10.0 Å². The first kappa shape index (κ1) is 26.6.